The van der Waals surface area contributed by atoms with Crippen molar-refractivity contribution < 1.29 is 57.2 Å². The molecule has 0 aliphatic carbocycles. The molecule has 0 spiro atoms. The highest BCUT2D eigenvalue weighted by Crippen LogP contribution is 2.31. The SMILES string of the molecule is C=CC(=O)OCC(C)(C)C(=O)C(=O)N1CCOC[C@H]1C(=O)O[C@H](CCc1ccc(OC)c(OC)c1)c1cccc(NC(=O)CCC(=O)OC(C)(C)C)c1. The quantitative estimate of drug-likeness (QED) is 0.104. The molecule has 2 aromatic rings. The Kier molecular flexibility index (Phi) is 15.1. The molecule has 2 aromatic carbocycles. The van der Waals surface area contributed by atoms with Gasteiger partial charge >= 0.3 is 17.9 Å². The number of benzene rings is 2. The van der Waals surface area contributed by atoms with Crippen molar-refractivity contribution in [1.29, 1.82) is 0 Å². The van der Waals surface area contributed by atoms with Crippen LogP contribution in [0.1, 0.15) is 71.1 Å². The molecule has 1 aliphatic rings. The van der Waals surface area contributed by atoms with E-state index in [0.717, 1.165) is 16.5 Å². The van der Waals surface area contributed by atoms with E-state index in [9.17, 15) is 28.8 Å². The van der Waals surface area contributed by atoms with Crippen molar-refractivity contribution in [3.63, 3.8) is 0 Å². The lowest BCUT2D eigenvalue weighted by molar-refractivity contribution is -0.170. The number of nitrogens with one attached hydrogen (secondary N) is 1. The normalized spacial score (nSPS) is 15.0. The van der Waals surface area contributed by atoms with Crippen LogP contribution in [0, 0.1) is 5.41 Å². The first-order valence-electron chi connectivity index (χ1n) is 17.2. The van der Waals surface area contributed by atoms with E-state index < -0.39 is 58.7 Å². The third-order valence-corrected chi connectivity index (χ3v) is 8.13. The highest BCUT2D eigenvalue weighted by molar-refractivity contribution is 6.38. The first-order valence-corrected chi connectivity index (χ1v) is 17.2. The van der Waals surface area contributed by atoms with Gasteiger partial charge in [-0.15, -0.1) is 0 Å². The number of carbonyl (C=O) groups excluding carboxylic acids is 6. The van der Waals surface area contributed by atoms with E-state index in [1.165, 1.54) is 28.1 Å². The van der Waals surface area contributed by atoms with Crippen LogP contribution in [0.15, 0.2) is 55.1 Å². The summed E-state index contributed by atoms with van der Waals surface area (Å²) < 4.78 is 32.7. The van der Waals surface area contributed by atoms with Crippen LogP contribution in [-0.4, -0.2) is 92.6 Å². The van der Waals surface area contributed by atoms with Crippen LogP contribution in [0.5, 0.6) is 11.5 Å². The predicted molar refractivity (Wildman–Crippen MR) is 193 cm³/mol. The number of hydrogen-bond acceptors (Lipinski definition) is 12. The Morgan fingerprint density at radius 1 is 0.981 bits per heavy atom. The number of hydrogen-bond donors (Lipinski definition) is 1. The summed E-state index contributed by atoms with van der Waals surface area (Å²) in [5.74, 6) is -3.16. The number of esters is 3. The fraction of sp³-hybridized carbons (Fsp3) is 0.487. The van der Waals surface area contributed by atoms with E-state index in [-0.39, 0.29) is 45.6 Å². The van der Waals surface area contributed by atoms with E-state index in [4.69, 9.17) is 28.4 Å². The van der Waals surface area contributed by atoms with E-state index in [2.05, 4.69) is 11.9 Å². The summed E-state index contributed by atoms with van der Waals surface area (Å²) in [5.41, 5.74) is -0.250. The number of anilines is 1. The van der Waals surface area contributed by atoms with Crippen LogP contribution in [0.2, 0.25) is 0 Å². The van der Waals surface area contributed by atoms with Gasteiger partial charge in [-0.25, -0.2) is 9.59 Å². The molecule has 288 valence electrons. The van der Waals surface area contributed by atoms with Gasteiger partial charge < -0.3 is 38.6 Å². The number of methoxy groups -OCH3 is 2. The zero-order valence-corrected chi connectivity index (χ0v) is 31.5. The molecule has 1 saturated heterocycles. The van der Waals surface area contributed by atoms with Crippen molar-refractivity contribution in [3.05, 3.63) is 66.2 Å². The molecule has 0 bridgehead atoms. The average Bonchev–Trinajstić information content (AvgIpc) is 3.13. The number of amides is 2. The second-order valence-corrected chi connectivity index (χ2v) is 14.0. The van der Waals surface area contributed by atoms with Crippen molar-refractivity contribution in [3.8, 4) is 11.5 Å². The van der Waals surface area contributed by atoms with Gasteiger partial charge in [0, 0.05) is 24.7 Å². The summed E-state index contributed by atoms with van der Waals surface area (Å²) in [6.07, 6.45) is 0.568. The maximum absolute atomic E-state index is 13.9. The molecule has 0 saturated carbocycles. The Hall–Kier alpha value is -5.24. The van der Waals surface area contributed by atoms with Crippen molar-refractivity contribution in [2.24, 2.45) is 5.41 Å². The number of morpholine rings is 1. The lowest BCUT2D eigenvalue weighted by Crippen LogP contribution is -2.57. The average molecular weight is 739 g/mol. The summed E-state index contributed by atoms with van der Waals surface area (Å²) in [6, 6.07) is 10.9. The van der Waals surface area contributed by atoms with Crippen LogP contribution in [-0.2, 0) is 54.1 Å². The third-order valence-electron chi connectivity index (χ3n) is 8.13. The summed E-state index contributed by atoms with van der Waals surface area (Å²) in [6.45, 7) is 11.0. The van der Waals surface area contributed by atoms with Crippen LogP contribution < -0.4 is 14.8 Å². The molecule has 2 amide bonds. The molecule has 53 heavy (non-hydrogen) atoms. The van der Waals surface area contributed by atoms with Gasteiger partial charge in [-0.05, 0) is 82.9 Å². The molecule has 0 unspecified atom stereocenters. The summed E-state index contributed by atoms with van der Waals surface area (Å²) in [7, 11) is 3.06. The molecule has 0 aromatic heterocycles. The molecule has 1 aliphatic heterocycles. The van der Waals surface area contributed by atoms with Gasteiger partial charge in [0.1, 0.15) is 18.3 Å². The minimum Gasteiger partial charge on any atom is -0.493 e. The molecule has 14 heteroatoms. The van der Waals surface area contributed by atoms with Gasteiger partial charge in [0.05, 0.1) is 39.3 Å². The second-order valence-electron chi connectivity index (χ2n) is 14.0. The van der Waals surface area contributed by atoms with Crippen molar-refractivity contribution in [2.45, 2.75) is 78.0 Å². The lowest BCUT2D eigenvalue weighted by Gasteiger charge is -2.36. The van der Waals surface area contributed by atoms with Gasteiger partial charge in [0.15, 0.2) is 17.5 Å². The molecule has 3 rings (SSSR count). The molecule has 0 radical (unpaired) electrons. The van der Waals surface area contributed by atoms with E-state index in [0.29, 0.717) is 29.2 Å². The molecular weight excluding hydrogens is 688 g/mol. The molecule has 1 heterocycles. The number of ether oxygens (including phenoxy) is 6. The third kappa shape index (κ3) is 12.7. The number of aryl methyl sites for hydroxylation is 1. The number of rotatable bonds is 17. The lowest BCUT2D eigenvalue weighted by atomic mass is 9.88. The maximum Gasteiger partial charge on any atom is 0.331 e. The van der Waals surface area contributed by atoms with E-state index in [1.54, 1.807) is 51.1 Å². The number of ketones is 1. The zero-order chi connectivity index (χ0) is 39.3. The van der Waals surface area contributed by atoms with E-state index >= 15 is 0 Å². The first-order chi connectivity index (χ1) is 25.0. The van der Waals surface area contributed by atoms with Crippen LogP contribution >= 0.6 is 0 Å². The standard InChI is InChI=1S/C39H50N2O12/c1-9-33(43)51-24-39(5,6)35(45)36(46)41-19-20-50-23-28(41)37(47)52-29(15-13-25-14-16-30(48-7)31(21-25)49-8)26-11-10-12-27(22-26)40-32(42)17-18-34(44)53-38(2,3)4/h9-12,14,16,21-22,28-29H,1,13,15,17-20,23-24H2,2-8H3,(H,40,42)/t28-,29+/m0/s1. The Morgan fingerprint density at radius 3 is 2.36 bits per heavy atom. The number of nitrogens with zero attached hydrogens (tertiary/aromatic N) is 1. The number of Topliss-reactive ketones (excluding diaryl/α,β-unsaturated/α-hetero) is 1. The van der Waals surface area contributed by atoms with Gasteiger partial charge in [0.2, 0.25) is 11.7 Å². The molecular formula is C39H50N2O12. The smallest absolute Gasteiger partial charge is 0.331 e. The van der Waals surface area contributed by atoms with Gasteiger partial charge in [-0.3, -0.25) is 19.2 Å². The molecule has 1 N–H and O–H groups in total. The first kappa shape index (κ1) is 42.2. The fourth-order valence-corrected chi connectivity index (χ4v) is 5.33. The Labute approximate surface area is 310 Å². The highest BCUT2D eigenvalue weighted by atomic mass is 16.6. The van der Waals surface area contributed by atoms with Crippen molar-refractivity contribution >= 4 is 41.2 Å². The van der Waals surface area contributed by atoms with Gasteiger partial charge in [-0.1, -0.05) is 24.8 Å². The minimum absolute atomic E-state index is 0.0476. The molecule has 2 atom stereocenters. The summed E-state index contributed by atoms with van der Waals surface area (Å²) in [5, 5.41) is 2.78. The Balaban J connectivity index is 1.84. The largest absolute Gasteiger partial charge is 0.493 e. The van der Waals surface area contributed by atoms with Crippen LogP contribution in [0.3, 0.4) is 0 Å². The maximum atomic E-state index is 13.9. The van der Waals surface area contributed by atoms with Crippen molar-refractivity contribution in [2.75, 3.05) is 45.9 Å². The van der Waals surface area contributed by atoms with Crippen molar-refractivity contribution in [1.82, 2.24) is 4.90 Å². The Bertz CT molecular complexity index is 1660. The fourth-order valence-electron chi connectivity index (χ4n) is 5.33. The van der Waals surface area contributed by atoms with Crippen LogP contribution in [0.4, 0.5) is 5.69 Å². The van der Waals surface area contributed by atoms with Crippen LogP contribution in [0.25, 0.3) is 0 Å². The highest BCUT2D eigenvalue weighted by Gasteiger charge is 2.43. The predicted octanol–water partition coefficient (Wildman–Crippen LogP) is 4.53. The summed E-state index contributed by atoms with van der Waals surface area (Å²) in [4.78, 5) is 78.4. The zero-order valence-electron chi connectivity index (χ0n) is 31.5. The topological polar surface area (TPSA) is 173 Å². The monoisotopic (exact) mass is 738 g/mol. The molecule has 14 nitrogen and oxygen atoms in total. The van der Waals surface area contributed by atoms with Gasteiger partial charge in [0.25, 0.3) is 5.91 Å². The van der Waals surface area contributed by atoms with Gasteiger partial charge in [-0.2, -0.15) is 0 Å². The number of carbonyl (C=O) groups is 6. The minimum atomic E-state index is -1.39. The summed E-state index contributed by atoms with van der Waals surface area (Å²) >= 11 is 0. The second kappa shape index (κ2) is 19.0. The van der Waals surface area contributed by atoms with E-state index in [1.807, 2.05) is 12.1 Å². The Morgan fingerprint density at radius 2 is 1.70 bits per heavy atom. The molecule has 1 fully saturated rings.